The highest BCUT2D eigenvalue weighted by molar-refractivity contribution is 8.06. The lowest BCUT2D eigenvalue weighted by atomic mass is 10.2. The molecule has 0 atom stereocenters. The number of hydrogen-bond donors (Lipinski definition) is 6. The molecular weight excluding hydrogens is 418 g/mol. The number of carbonyl (C=O) groups excluding carboxylic acids is 2. The highest BCUT2D eigenvalue weighted by Crippen LogP contribution is 2.26. The van der Waals surface area contributed by atoms with Crippen LogP contribution in [0.5, 0.6) is 0 Å². The molecule has 6 N–H and O–H groups in total. The number of rotatable bonds is 6. The SMILES string of the molecule is C.C.CCOC(=O)CCCC(=O)OCC.OP(O)(O)=S.OP(O)(O)=S. The summed E-state index contributed by atoms with van der Waals surface area (Å²) >= 11 is 7.21. The molecule has 10 nitrogen and oxygen atoms in total. The zero-order valence-corrected chi connectivity index (χ0v) is 16.0. The lowest BCUT2D eigenvalue weighted by Gasteiger charge is -2.01. The summed E-state index contributed by atoms with van der Waals surface area (Å²) in [4.78, 5) is 67.0. The Morgan fingerprint density at radius 1 is 0.760 bits per heavy atom. The van der Waals surface area contributed by atoms with Crippen molar-refractivity contribution in [3.8, 4) is 0 Å². The first kappa shape index (κ1) is 36.0. The van der Waals surface area contributed by atoms with Crippen molar-refractivity contribution >= 4 is 49.0 Å². The summed E-state index contributed by atoms with van der Waals surface area (Å²) in [5.41, 5.74) is 0. The standard InChI is InChI=1S/C9H16O4.2CH4.2H3O3PS/c1-3-12-8(10)6-5-7-9(11)13-4-2;;;2*1-4(2,3)5/h3-7H2,1-2H3;2*1H4;2*(H3,1,2,3,5). The van der Waals surface area contributed by atoms with Gasteiger partial charge in [0.1, 0.15) is 0 Å². The van der Waals surface area contributed by atoms with Gasteiger partial charge in [-0.1, -0.05) is 14.9 Å². The van der Waals surface area contributed by atoms with Gasteiger partial charge in [-0.2, -0.15) is 0 Å². The second kappa shape index (κ2) is 20.3. The van der Waals surface area contributed by atoms with Crippen LogP contribution in [0.4, 0.5) is 0 Å². The maximum absolute atomic E-state index is 10.8. The van der Waals surface area contributed by atoms with Crippen LogP contribution in [-0.4, -0.2) is 54.5 Å². The largest absolute Gasteiger partial charge is 0.466 e. The van der Waals surface area contributed by atoms with Gasteiger partial charge in [-0.3, -0.25) is 9.59 Å². The fourth-order valence-corrected chi connectivity index (χ4v) is 0.843. The van der Waals surface area contributed by atoms with Gasteiger partial charge in [0, 0.05) is 12.8 Å². The molecule has 0 aliphatic rings. The van der Waals surface area contributed by atoms with Gasteiger partial charge in [-0.25, -0.2) is 0 Å². The fraction of sp³-hybridized carbons (Fsp3) is 0.818. The maximum atomic E-state index is 10.8. The molecule has 0 unspecified atom stereocenters. The smallest absolute Gasteiger partial charge is 0.319 e. The normalized spacial score (nSPS) is 9.60. The van der Waals surface area contributed by atoms with Gasteiger partial charge in [0.25, 0.3) is 0 Å². The molecule has 156 valence electrons. The Kier molecular flexibility index (Phi) is 29.3. The molecule has 0 aromatic heterocycles. The zero-order valence-electron chi connectivity index (χ0n) is 12.6. The van der Waals surface area contributed by atoms with Crippen molar-refractivity contribution in [2.45, 2.75) is 48.0 Å². The van der Waals surface area contributed by atoms with E-state index in [9.17, 15) is 9.59 Å². The molecule has 0 spiro atoms. The number of carbonyl (C=O) groups is 2. The second-order valence-corrected chi connectivity index (χ2v) is 8.48. The molecule has 0 aromatic carbocycles. The van der Waals surface area contributed by atoms with Crippen molar-refractivity contribution in [2.24, 2.45) is 0 Å². The molecule has 0 fully saturated rings. The summed E-state index contributed by atoms with van der Waals surface area (Å²) in [7, 11) is 0. The Morgan fingerprint density at radius 3 is 1.12 bits per heavy atom. The van der Waals surface area contributed by atoms with Crippen molar-refractivity contribution in [3.63, 3.8) is 0 Å². The Labute approximate surface area is 158 Å². The van der Waals surface area contributed by atoms with E-state index in [1.807, 2.05) is 0 Å². The Morgan fingerprint density at radius 2 is 0.960 bits per heavy atom. The number of ether oxygens (including phenoxy) is 2. The van der Waals surface area contributed by atoms with E-state index in [4.69, 9.17) is 38.8 Å². The monoisotopic (exact) mass is 448 g/mol. The van der Waals surface area contributed by atoms with Gasteiger partial charge < -0.3 is 38.8 Å². The van der Waals surface area contributed by atoms with Crippen molar-refractivity contribution in [1.29, 1.82) is 0 Å². The molecule has 0 radical (unpaired) electrons. The number of esters is 2. The fourth-order valence-electron chi connectivity index (χ4n) is 0.843. The molecule has 0 bridgehead atoms. The Balaban J connectivity index is -0.0000000933. The minimum Gasteiger partial charge on any atom is -0.466 e. The minimum atomic E-state index is -3.81. The lowest BCUT2D eigenvalue weighted by Crippen LogP contribution is -2.07. The molecule has 0 aliphatic carbocycles. The average Bonchev–Trinajstić information content (AvgIpc) is 2.24. The molecule has 25 heavy (non-hydrogen) atoms. The summed E-state index contributed by atoms with van der Waals surface area (Å²) in [6, 6.07) is 0. The third-order valence-electron chi connectivity index (χ3n) is 1.37. The van der Waals surface area contributed by atoms with Crippen LogP contribution in [0, 0.1) is 0 Å². The molecule has 0 aromatic rings. The van der Waals surface area contributed by atoms with Crippen LogP contribution in [-0.2, 0) is 42.7 Å². The third kappa shape index (κ3) is 80.7. The van der Waals surface area contributed by atoms with Gasteiger partial charge in [0.15, 0.2) is 0 Å². The van der Waals surface area contributed by atoms with Gasteiger partial charge >= 0.3 is 25.4 Å². The van der Waals surface area contributed by atoms with Crippen LogP contribution in [0.15, 0.2) is 0 Å². The van der Waals surface area contributed by atoms with E-state index >= 15 is 0 Å². The number of hydrogen-bond acceptors (Lipinski definition) is 6. The summed E-state index contributed by atoms with van der Waals surface area (Å²) in [5, 5.41) is 0. The third-order valence-corrected chi connectivity index (χ3v) is 1.37. The van der Waals surface area contributed by atoms with Crippen molar-refractivity contribution in [1.82, 2.24) is 0 Å². The maximum Gasteiger partial charge on any atom is 0.319 e. The first-order chi connectivity index (χ1) is 10.2. The predicted molar refractivity (Wildman–Crippen MR) is 102 cm³/mol. The molecule has 0 aliphatic heterocycles. The van der Waals surface area contributed by atoms with Crippen molar-refractivity contribution in [3.05, 3.63) is 0 Å². The first-order valence-electron chi connectivity index (χ1n) is 6.08. The molecule has 0 rings (SSSR count). The lowest BCUT2D eigenvalue weighted by molar-refractivity contribution is -0.144. The highest BCUT2D eigenvalue weighted by Gasteiger charge is 2.05. The summed E-state index contributed by atoms with van der Waals surface area (Å²) in [6.45, 7) is -3.33. The zero-order chi connectivity index (χ0) is 19.1. The highest BCUT2D eigenvalue weighted by atomic mass is 32.5. The van der Waals surface area contributed by atoms with E-state index in [1.165, 1.54) is 0 Å². The topological polar surface area (TPSA) is 174 Å². The average molecular weight is 448 g/mol. The van der Waals surface area contributed by atoms with Gasteiger partial charge in [0.05, 0.1) is 13.2 Å². The van der Waals surface area contributed by atoms with E-state index in [0.29, 0.717) is 19.6 Å². The molecular formula is C11H30O10P2S2. The molecule has 0 amide bonds. The van der Waals surface area contributed by atoms with Crippen molar-refractivity contribution in [2.75, 3.05) is 13.2 Å². The summed E-state index contributed by atoms with van der Waals surface area (Å²) in [5.74, 6) is -0.515. The Bertz CT molecular complexity index is 367. The van der Waals surface area contributed by atoms with E-state index < -0.39 is 13.4 Å². The van der Waals surface area contributed by atoms with Gasteiger partial charge in [0.2, 0.25) is 0 Å². The van der Waals surface area contributed by atoms with E-state index in [0.717, 1.165) is 0 Å². The predicted octanol–water partition coefficient (Wildman–Crippen LogP) is 0.931. The summed E-state index contributed by atoms with van der Waals surface area (Å²) < 4.78 is 9.39. The van der Waals surface area contributed by atoms with Gasteiger partial charge in [-0.15, -0.1) is 0 Å². The Hall–Kier alpha value is -0.000000000000000305. The molecule has 0 heterocycles. The summed E-state index contributed by atoms with van der Waals surface area (Å²) in [6.07, 6.45) is 1.07. The van der Waals surface area contributed by atoms with Gasteiger partial charge in [-0.05, 0) is 43.9 Å². The van der Waals surface area contributed by atoms with Crippen LogP contribution in [0.25, 0.3) is 0 Å². The molecule has 0 saturated carbocycles. The van der Waals surface area contributed by atoms with E-state index in [2.05, 4.69) is 23.6 Å². The van der Waals surface area contributed by atoms with Crippen LogP contribution < -0.4 is 0 Å². The van der Waals surface area contributed by atoms with Crippen LogP contribution >= 0.6 is 13.4 Å². The second-order valence-electron chi connectivity index (χ2n) is 3.49. The quantitative estimate of drug-likeness (QED) is 0.251. The van der Waals surface area contributed by atoms with E-state index in [-0.39, 0.29) is 39.6 Å². The van der Waals surface area contributed by atoms with Crippen LogP contribution in [0.3, 0.4) is 0 Å². The first-order valence-corrected chi connectivity index (χ1v) is 11.4. The molecule has 14 heteroatoms. The van der Waals surface area contributed by atoms with Crippen molar-refractivity contribution < 1.29 is 48.4 Å². The van der Waals surface area contributed by atoms with E-state index in [1.54, 1.807) is 13.8 Å². The van der Waals surface area contributed by atoms with Crippen LogP contribution in [0.1, 0.15) is 48.0 Å². The molecule has 0 saturated heterocycles. The minimum absolute atomic E-state index is 0. The van der Waals surface area contributed by atoms with Crippen LogP contribution in [0.2, 0.25) is 0 Å².